The van der Waals surface area contributed by atoms with Crippen molar-refractivity contribution in [2.45, 2.75) is 37.9 Å². The summed E-state index contributed by atoms with van der Waals surface area (Å²) < 4.78 is 6.16. The smallest absolute Gasteiger partial charge is 0.240 e. The molecular weight excluding hydrogens is 328 g/mol. The molecule has 0 saturated carbocycles. The van der Waals surface area contributed by atoms with Crippen LogP contribution >= 0.6 is 0 Å². The Hall–Kier alpha value is -2.71. The molecule has 5 rings (SSSR count). The predicted octanol–water partition coefficient (Wildman–Crippen LogP) is 3.84. The second kappa shape index (κ2) is 4.72. The Morgan fingerprint density at radius 2 is 1.58 bits per heavy atom. The van der Waals surface area contributed by atoms with Crippen molar-refractivity contribution in [3.8, 4) is 0 Å². The maximum Gasteiger partial charge on any atom is 0.240 e. The fourth-order valence-corrected chi connectivity index (χ4v) is 5.27. The van der Waals surface area contributed by atoms with Crippen molar-refractivity contribution >= 4 is 34.0 Å². The molecule has 2 amide bonds. The lowest BCUT2D eigenvalue weighted by Gasteiger charge is -2.27. The molecule has 2 aromatic carbocycles. The van der Waals surface area contributed by atoms with Crippen LogP contribution in [0.5, 0.6) is 0 Å². The number of hydrogen-bond donors (Lipinski definition) is 0. The van der Waals surface area contributed by atoms with Gasteiger partial charge in [-0.3, -0.25) is 9.59 Å². The highest BCUT2D eigenvalue weighted by Crippen LogP contribution is 2.61. The van der Waals surface area contributed by atoms with E-state index >= 15 is 0 Å². The minimum atomic E-state index is -0.562. The maximum absolute atomic E-state index is 13.3. The van der Waals surface area contributed by atoms with Crippen LogP contribution in [0.1, 0.15) is 26.7 Å². The molecule has 0 N–H and O–H groups in total. The van der Waals surface area contributed by atoms with Crippen molar-refractivity contribution in [1.82, 2.24) is 0 Å². The molecule has 2 aromatic rings. The summed E-state index contributed by atoms with van der Waals surface area (Å²) in [4.78, 5) is 31.5. The van der Waals surface area contributed by atoms with Crippen LogP contribution in [-0.2, 0) is 14.3 Å². The summed E-state index contributed by atoms with van der Waals surface area (Å²) in [6, 6.07) is 10.9. The number of carbonyl (C=O) groups is 2. The number of amides is 2. The van der Waals surface area contributed by atoms with Gasteiger partial charge >= 0.3 is 0 Å². The number of carbonyl (C=O) groups excluding carboxylic acids is 2. The Morgan fingerprint density at radius 3 is 2.15 bits per heavy atom. The monoisotopic (exact) mass is 346 g/mol. The van der Waals surface area contributed by atoms with Gasteiger partial charge in [-0.1, -0.05) is 30.3 Å². The summed E-state index contributed by atoms with van der Waals surface area (Å²) >= 11 is 0. The first-order chi connectivity index (χ1) is 12.4. The fraction of sp³-hybridized carbons (Fsp3) is 0.381. The van der Waals surface area contributed by atoms with Gasteiger partial charge in [-0.2, -0.15) is 0 Å². The third-order valence-corrected chi connectivity index (χ3v) is 6.45. The number of hydrogen-bond acceptors (Lipinski definition) is 3. The molecule has 3 saturated heterocycles. The first kappa shape index (κ1) is 15.5. The largest absolute Gasteiger partial charge is 0.367 e. The Balaban J connectivity index is 1.70. The standard InChI is InChI=1S/C21H18N2O3/c1-20-10-11-21(2,26-20)17-16(20)18(24)23(19(17)25)15-9-8-14(22-3)12-6-4-5-7-13(12)15/h4-9,16-17H,10-11H2,1-2H3/t16-,17?,20?,21?/m1/s1. The van der Waals surface area contributed by atoms with Crippen molar-refractivity contribution in [3.63, 3.8) is 0 Å². The number of anilines is 1. The van der Waals surface area contributed by atoms with Crippen LogP contribution in [0.3, 0.4) is 0 Å². The van der Waals surface area contributed by atoms with Crippen LogP contribution < -0.4 is 4.90 Å². The number of benzene rings is 2. The first-order valence-corrected chi connectivity index (χ1v) is 8.87. The Bertz CT molecular complexity index is 1010. The highest BCUT2D eigenvalue weighted by atomic mass is 16.5. The van der Waals surface area contributed by atoms with E-state index in [9.17, 15) is 9.59 Å². The summed E-state index contributed by atoms with van der Waals surface area (Å²) in [7, 11) is 0. The number of fused-ring (bicyclic) bond motifs is 6. The minimum Gasteiger partial charge on any atom is -0.367 e. The van der Waals surface area contributed by atoms with Gasteiger partial charge in [-0.15, -0.1) is 0 Å². The van der Waals surface area contributed by atoms with Gasteiger partial charge in [0.25, 0.3) is 0 Å². The molecule has 0 aliphatic carbocycles. The third-order valence-electron chi connectivity index (χ3n) is 6.45. The van der Waals surface area contributed by atoms with Crippen LogP contribution in [0, 0.1) is 18.4 Å². The van der Waals surface area contributed by atoms with E-state index in [1.54, 1.807) is 12.1 Å². The fourth-order valence-electron chi connectivity index (χ4n) is 5.27. The van der Waals surface area contributed by atoms with E-state index in [1.165, 1.54) is 4.90 Å². The molecule has 3 aliphatic rings. The Labute approximate surface area is 151 Å². The molecular formula is C21H18N2O3. The van der Waals surface area contributed by atoms with Gasteiger partial charge in [0.05, 0.1) is 35.3 Å². The molecule has 3 heterocycles. The lowest BCUT2D eigenvalue weighted by atomic mass is 9.69. The molecule has 130 valence electrons. The Morgan fingerprint density at radius 1 is 1.00 bits per heavy atom. The van der Waals surface area contributed by atoms with Gasteiger partial charge in [0.2, 0.25) is 11.8 Å². The third kappa shape index (κ3) is 1.68. The summed E-state index contributed by atoms with van der Waals surface area (Å²) in [6.07, 6.45) is 1.60. The zero-order chi connectivity index (χ0) is 18.3. The molecule has 0 aromatic heterocycles. The van der Waals surface area contributed by atoms with Gasteiger partial charge in [0, 0.05) is 0 Å². The summed E-state index contributed by atoms with van der Waals surface area (Å²) in [6.45, 7) is 11.3. The summed E-state index contributed by atoms with van der Waals surface area (Å²) in [5.41, 5.74) is -0.0321. The topological polar surface area (TPSA) is 51.0 Å². The number of rotatable bonds is 1. The second-order valence-corrected chi connectivity index (χ2v) is 7.96. The molecule has 5 heteroatoms. The minimum absolute atomic E-state index is 0.174. The normalized spacial score (nSPS) is 35.2. The van der Waals surface area contributed by atoms with E-state index in [4.69, 9.17) is 11.3 Å². The molecule has 26 heavy (non-hydrogen) atoms. The van der Waals surface area contributed by atoms with Gasteiger partial charge < -0.3 is 4.74 Å². The van der Waals surface area contributed by atoms with E-state index in [0.717, 1.165) is 23.6 Å². The van der Waals surface area contributed by atoms with Crippen molar-refractivity contribution in [2.75, 3.05) is 4.90 Å². The van der Waals surface area contributed by atoms with Crippen molar-refractivity contribution in [2.24, 2.45) is 11.8 Å². The average Bonchev–Trinajstić information content (AvgIpc) is 3.18. The molecule has 3 aliphatic heterocycles. The lowest BCUT2D eigenvalue weighted by Crippen LogP contribution is -2.40. The number of ether oxygens (including phenoxy) is 1. The van der Waals surface area contributed by atoms with E-state index in [-0.39, 0.29) is 11.8 Å². The molecule has 2 bridgehead atoms. The van der Waals surface area contributed by atoms with Crippen LogP contribution in [0.15, 0.2) is 36.4 Å². The highest BCUT2D eigenvalue weighted by Gasteiger charge is 2.72. The van der Waals surface area contributed by atoms with Crippen molar-refractivity contribution < 1.29 is 14.3 Å². The Kier molecular flexibility index (Phi) is 2.82. The molecule has 4 atom stereocenters. The van der Waals surface area contributed by atoms with Crippen LogP contribution in [0.25, 0.3) is 15.6 Å². The van der Waals surface area contributed by atoms with Crippen LogP contribution in [0.2, 0.25) is 0 Å². The average molecular weight is 346 g/mol. The highest BCUT2D eigenvalue weighted by molar-refractivity contribution is 6.26. The van der Waals surface area contributed by atoms with E-state index in [2.05, 4.69) is 4.85 Å². The maximum atomic E-state index is 13.3. The molecule has 0 spiro atoms. The first-order valence-electron chi connectivity index (χ1n) is 8.87. The van der Waals surface area contributed by atoms with E-state index < -0.39 is 23.0 Å². The number of nitrogens with zero attached hydrogens (tertiary/aromatic N) is 2. The van der Waals surface area contributed by atoms with Crippen molar-refractivity contribution in [1.29, 1.82) is 0 Å². The van der Waals surface area contributed by atoms with Gasteiger partial charge in [0.1, 0.15) is 0 Å². The van der Waals surface area contributed by atoms with Crippen LogP contribution in [-0.4, -0.2) is 23.0 Å². The van der Waals surface area contributed by atoms with Gasteiger partial charge in [0.15, 0.2) is 5.69 Å². The quantitative estimate of drug-likeness (QED) is 0.582. The lowest BCUT2D eigenvalue weighted by molar-refractivity contribution is -0.129. The van der Waals surface area contributed by atoms with Crippen molar-refractivity contribution in [3.05, 3.63) is 47.8 Å². The molecule has 0 radical (unpaired) electrons. The summed E-state index contributed by atoms with van der Waals surface area (Å²) in [5, 5.41) is 1.51. The van der Waals surface area contributed by atoms with Gasteiger partial charge in [-0.25, -0.2) is 9.74 Å². The van der Waals surface area contributed by atoms with E-state index in [0.29, 0.717) is 11.4 Å². The van der Waals surface area contributed by atoms with E-state index in [1.807, 2.05) is 38.1 Å². The molecule has 3 unspecified atom stereocenters. The SMILES string of the molecule is [C-]#[N+]c1ccc(N2C(=O)C3[C@H](C2=O)C2(C)CCC3(C)O2)c2ccccc12. The zero-order valence-corrected chi connectivity index (χ0v) is 14.7. The molecule has 3 fully saturated rings. The summed E-state index contributed by atoms with van der Waals surface area (Å²) in [5.74, 6) is -1.20. The predicted molar refractivity (Wildman–Crippen MR) is 96.8 cm³/mol. The molecule has 5 nitrogen and oxygen atoms in total. The van der Waals surface area contributed by atoms with Gasteiger partial charge in [-0.05, 0) is 43.5 Å². The number of imide groups is 1. The van der Waals surface area contributed by atoms with Crippen LogP contribution in [0.4, 0.5) is 11.4 Å². The second-order valence-electron chi connectivity index (χ2n) is 7.96. The zero-order valence-electron chi connectivity index (χ0n) is 14.7.